The van der Waals surface area contributed by atoms with Crippen LogP contribution >= 0.6 is 0 Å². The lowest BCUT2D eigenvalue weighted by Crippen LogP contribution is -2.29. The zero-order valence-corrected chi connectivity index (χ0v) is 14.8. The molecule has 140 valence electrons. The molecule has 8 heteroatoms. The molecule has 1 saturated heterocycles. The highest BCUT2D eigenvalue weighted by Gasteiger charge is 2.15. The number of nitrogens with one attached hydrogen (secondary N) is 1. The Morgan fingerprint density at radius 3 is 2.59 bits per heavy atom. The van der Waals surface area contributed by atoms with Gasteiger partial charge in [0, 0.05) is 24.5 Å². The first kappa shape index (κ1) is 17.1. The summed E-state index contributed by atoms with van der Waals surface area (Å²) in [4.78, 5) is 26.4. The van der Waals surface area contributed by atoms with E-state index < -0.39 is 5.76 Å². The third kappa shape index (κ3) is 3.94. The third-order valence-corrected chi connectivity index (χ3v) is 4.50. The zero-order chi connectivity index (χ0) is 18.6. The summed E-state index contributed by atoms with van der Waals surface area (Å²) >= 11 is 0. The summed E-state index contributed by atoms with van der Waals surface area (Å²) in [7, 11) is 0. The molecule has 1 amide bonds. The second-order valence-electron chi connectivity index (χ2n) is 6.45. The zero-order valence-electron chi connectivity index (χ0n) is 14.8. The van der Waals surface area contributed by atoms with Crippen LogP contribution in [0.3, 0.4) is 0 Å². The molecule has 0 saturated carbocycles. The van der Waals surface area contributed by atoms with Gasteiger partial charge in [0.2, 0.25) is 5.91 Å². The number of amides is 1. The van der Waals surface area contributed by atoms with Crippen molar-refractivity contribution >= 4 is 17.3 Å². The number of carbonyl (C=O) groups excluding carboxylic acids is 1. The summed E-state index contributed by atoms with van der Waals surface area (Å²) in [5, 5.41) is 6.75. The number of nitrogens with zero attached hydrogens (tertiary/aromatic N) is 3. The molecule has 3 heterocycles. The second kappa shape index (κ2) is 7.53. The van der Waals surface area contributed by atoms with Crippen LogP contribution in [0.4, 0.5) is 11.4 Å². The number of hydrogen-bond acceptors (Lipinski definition) is 6. The van der Waals surface area contributed by atoms with E-state index in [1.54, 1.807) is 12.1 Å². The van der Waals surface area contributed by atoms with E-state index in [0.29, 0.717) is 11.4 Å². The first-order chi connectivity index (χ1) is 13.2. The molecule has 0 radical (unpaired) electrons. The summed E-state index contributed by atoms with van der Waals surface area (Å²) < 4.78 is 11.1. The fourth-order valence-corrected chi connectivity index (χ4v) is 3.15. The molecule has 1 aliphatic rings. The molecule has 1 aromatic carbocycles. The van der Waals surface area contributed by atoms with Crippen LogP contribution < -0.4 is 16.0 Å². The molecular weight excluding hydrogens is 348 g/mol. The molecule has 4 rings (SSSR count). The van der Waals surface area contributed by atoms with Gasteiger partial charge >= 0.3 is 5.76 Å². The highest BCUT2D eigenvalue weighted by molar-refractivity contribution is 5.90. The lowest BCUT2D eigenvalue weighted by atomic mass is 10.1. The Hall–Kier alpha value is -3.29. The SMILES string of the molecule is O=C(Cn1nc(-c2ccco2)oc1=O)Nc1ccc(N2CCCCC2)cc1. The van der Waals surface area contributed by atoms with Crippen LogP contribution in [0.1, 0.15) is 19.3 Å². The number of rotatable bonds is 5. The van der Waals surface area contributed by atoms with Gasteiger partial charge < -0.3 is 19.1 Å². The maximum absolute atomic E-state index is 12.2. The number of furan rings is 1. The van der Waals surface area contributed by atoms with E-state index in [0.717, 1.165) is 23.5 Å². The molecule has 27 heavy (non-hydrogen) atoms. The van der Waals surface area contributed by atoms with Crippen molar-refractivity contribution < 1.29 is 13.6 Å². The largest absolute Gasteiger partial charge is 0.459 e. The van der Waals surface area contributed by atoms with Crippen molar-refractivity contribution in [2.24, 2.45) is 0 Å². The Morgan fingerprint density at radius 1 is 1.11 bits per heavy atom. The van der Waals surface area contributed by atoms with E-state index >= 15 is 0 Å². The van der Waals surface area contributed by atoms with Crippen molar-refractivity contribution in [2.75, 3.05) is 23.3 Å². The van der Waals surface area contributed by atoms with Gasteiger partial charge in [-0.1, -0.05) is 0 Å². The molecule has 0 spiro atoms. The highest BCUT2D eigenvalue weighted by Crippen LogP contribution is 2.22. The number of carbonyl (C=O) groups is 1. The normalized spacial score (nSPS) is 14.3. The quantitative estimate of drug-likeness (QED) is 0.744. The number of benzene rings is 1. The van der Waals surface area contributed by atoms with E-state index in [9.17, 15) is 9.59 Å². The van der Waals surface area contributed by atoms with Gasteiger partial charge in [0.05, 0.1) is 6.26 Å². The van der Waals surface area contributed by atoms with Crippen LogP contribution in [0.15, 0.2) is 56.3 Å². The first-order valence-corrected chi connectivity index (χ1v) is 8.96. The van der Waals surface area contributed by atoms with E-state index in [2.05, 4.69) is 15.3 Å². The molecule has 0 unspecified atom stereocenters. The van der Waals surface area contributed by atoms with Gasteiger partial charge in [-0.05, 0) is 55.7 Å². The van der Waals surface area contributed by atoms with E-state index in [-0.39, 0.29) is 18.3 Å². The topological polar surface area (TPSA) is 93.5 Å². The molecule has 0 aliphatic carbocycles. The Kier molecular flexibility index (Phi) is 4.78. The number of piperidine rings is 1. The fraction of sp³-hybridized carbons (Fsp3) is 0.316. The summed E-state index contributed by atoms with van der Waals surface area (Å²) in [5.41, 5.74) is 1.83. The summed E-state index contributed by atoms with van der Waals surface area (Å²) in [6.07, 6.45) is 5.16. The van der Waals surface area contributed by atoms with Gasteiger partial charge in [0.25, 0.3) is 5.89 Å². The predicted octanol–water partition coefficient (Wildman–Crippen LogP) is 2.73. The number of aromatic nitrogens is 2. The molecule has 8 nitrogen and oxygen atoms in total. The van der Waals surface area contributed by atoms with Crippen LogP contribution in [-0.4, -0.2) is 28.8 Å². The standard InChI is InChI=1S/C19H20N4O4/c24-17(13-23-19(25)27-18(21-23)16-5-4-12-26-16)20-14-6-8-15(9-7-14)22-10-2-1-3-11-22/h4-9,12H,1-3,10-11,13H2,(H,20,24). The Morgan fingerprint density at radius 2 is 1.89 bits per heavy atom. The van der Waals surface area contributed by atoms with Crippen molar-refractivity contribution in [3.63, 3.8) is 0 Å². The van der Waals surface area contributed by atoms with Crippen molar-refractivity contribution in [3.05, 3.63) is 53.2 Å². The maximum atomic E-state index is 12.2. The average Bonchev–Trinajstić information content (AvgIpc) is 3.33. The summed E-state index contributed by atoms with van der Waals surface area (Å²) in [6.45, 7) is 1.90. The first-order valence-electron chi connectivity index (χ1n) is 8.96. The van der Waals surface area contributed by atoms with Crippen LogP contribution in [-0.2, 0) is 11.3 Å². The van der Waals surface area contributed by atoms with E-state index in [4.69, 9.17) is 8.83 Å². The number of hydrogen-bond donors (Lipinski definition) is 1. The lowest BCUT2D eigenvalue weighted by molar-refractivity contribution is -0.117. The average molecular weight is 368 g/mol. The summed E-state index contributed by atoms with van der Waals surface area (Å²) in [5.74, 6) is -0.692. The Bertz CT molecular complexity index is 951. The highest BCUT2D eigenvalue weighted by atomic mass is 16.4. The minimum absolute atomic E-state index is 0.0451. The van der Waals surface area contributed by atoms with Crippen molar-refractivity contribution in [3.8, 4) is 11.7 Å². The Labute approximate surface area is 155 Å². The van der Waals surface area contributed by atoms with Crippen molar-refractivity contribution in [1.29, 1.82) is 0 Å². The molecule has 1 aliphatic heterocycles. The van der Waals surface area contributed by atoms with Crippen LogP contribution in [0.2, 0.25) is 0 Å². The Balaban J connectivity index is 1.39. The third-order valence-electron chi connectivity index (χ3n) is 4.50. The summed E-state index contributed by atoms with van der Waals surface area (Å²) in [6, 6.07) is 11.0. The molecule has 0 bridgehead atoms. The van der Waals surface area contributed by atoms with E-state index in [1.165, 1.54) is 25.5 Å². The van der Waals surface area contributed by atoms with Gasteiger partial charge in [-0.2, -0.15) is 4.68 Å². The van der Waals surface area contributed by atoms with Gasteiger partial charge in [0.1, 0.15) is 6.54 Å². The monoisotopic (exact) mass is 368 g/mol. The predicted molar refractivity (Wildman–Crippen MR) is 99.6 cm³/mol. The molecule has 0 atom stereocenters. The molecular formula is C19H20N4O4. The number of anilines is 2. The molecule has 1 fully saturated rings. The molecule has 2 aromatic heterocycles. The molecule has 3 aromatic rings. The van der Waals surface area contributed by atoms with Crippen LogP contribution in [0, 0.1) is 0 Å². The fourth-order valence-electron chi connectivity index (χ4n) is 3.15. The van der Waals surface area contributed by atoms with Gasteiger partial charge in [-0.15, -0.1) is 5.10 Å². The van der Waals surface area contributed by atoms with Crippen LogP contribution in [0.5, 0.6) is 0 Å². The lowest BCUT2D eigenvalue weighted by Gasteiger charge is -2.28. The van der Waals surface area contributed by atoms with Crippen molar-refractivity contribution in [2.45, 2.75) is 25.8 Å². The smallest absolute Gasteiger partial charge is 0.437 e. The minimum Gasteiger partial charge on any atom is -0.459 e. The second-order valence-corrected chi connectivity index (χ2v) is 6.45. The van der Waals surface area contributed by atoms with Gasteiger partial charge in [0.15, 0.2) is 5.76 Å². The minimum atomic E-state index is -0.711. The maximum Gasteiger partial charge on any atom is 0.437 e. The van der Waals surface area contributed by atoms with Crippen LogP contribution in [0.25, 0.3) is 11.7 Å². The van der Waals surface area contributed by atoms with Crippen molar-refractivity contribution in [1.82, 2.24) is 9.78 Å². The molecule has 1 N–H and O–H groups in total. The van der Waals surface area contributed by atoms with Gasteiger partial charge in [-0.25, -0.2) is 4.79 Å². The van der Waals surface area contributed by atoms with E-state index in [1.807, 2.05) is 24.3 Å². The van der Waals surface area contributed by atoms with Gasteiger partial charge in [-0.3, -0.25) is 4.79 Å².